The van der Waals surface area contributed by atoms with E-state index in [0.717, 1.165) is 22.9 Å². The van der Waals surface area contributed by atoms with Crippen LogP contribution in [0, 0.1) is 0 Å². The van der Waals surface area contributed by atoms with Crippen LogP contribution in [-0.2, 0) is 4.74 Å². The van der Waals surface area contributed by atoms with Crippen molar-refractivity contribution in [2.75, 3.05) is 18.1 Å². The molecule has 0 amide bonds. The van der Waals surface area contributed by atoms with Crippen LogP contribution in [-0.4, -0.2) is 36.5 Å². The average Bonchev–Trinajstić information content (AvgIpc) is 2.55. The number of anilines is 2. The van der Waals surface area contributed by atoms with Gasteiger partial charge in [-0.2, -0.15) is 0 Å². The van der Waals surface area contributed by atoms with Crippen LogP contribution in [0.1, 0.15) is 0 Å². The molecule has 22 heavy (non-hydrogen) atoms. The molecule has 114 valence electrons. The second-order valence-corrected chi connectivity index (χ2v) is 5.67. The minimum absolute atomic E-state index is 0.241. The van der Waals surface area contributed by atoms with Gasteiger partial charge in [0.15, 0.2) is 11.5 Å². The highest BCUT2D eigenvalue weighted by Crippen LogP contribution is 2.48. The maximum atomic E-state index is 10.6. The standard InChI is InChI=1S/C17H18N2O3/c18-11-9-21-10-14(17(11)20)19-12-5-1-3-7-15(12)22-16-8-4-2-6-13(16)19/h1-8,11,14,17,20H,9-10,18H2/t11-,14+,17?/m1/s1. The summed E-state index contributed by atoms with van der Waals surface area (Å²) in [5.74, 6) is 1.54. The number of benzene rings is 2. The third kappa shape index (κ3) is 2.06. The number of para-hydroxylation sites is 4. The Morgan fingerprint density at radius 1 is 0.955 bits per heavy atom. The minimum atomic E-state index is -0.659. The lowest BCUT2D eigenvalue weighted by Gasteiger charge is -2.43. The van der Waals surface area contributed by atoms with Gasteiger partial charge in [-0.1, -0.05) is 24.3 Å². The van der Waals surface area contributed by atoms with Crippen molar-refractivity contribution >= 4 is 11.4 Å². The van der Waals surface area contributed by atoms with Gasteiger partial charge in [0.2, 0.25) is 0 Å². The Kier molecular flexibility index (Phi) is 3.26. The molecule has 2 aromatic rings. The SMILES string of the molecule is N[C@@H]1COC[C@H](N2c3ccccc3Oc3ccccc32)C1O. The van der Waals surface area contributed by atoms with Gasteiger partial charge >= 0.3 is 0 Å². The summed E-state index contributed by atoms with van der Waals surface area (Å²) in [4.78, 5) is 2.08. The van der Waals surface area contributed by atoms with Crippen molar-refractivity contribution in [2.45, 2.75) is 18.2 Å². The molecule has 0 aliphatic carbocycles. The Morgan fingerprint density at radius 2 is 1.55 bits per heavy atom. The minimum Gasteiger partial charge on any atom is -0.453 e. The van der Waals surface area contributed by atoms with Gasteiger partial charge in [0.1, 0.15) is 0 Å². The number of hydrogen-bond acceptors (Lipinski definition) is 5. The lowest BCUT2D eigenvalue weighted by Crippen LogP contribution is -2.58. The Balaban J connectivity index is 1.84. The van der Waals surface area contributed by atoms with Crippen LogP contribution in [0.4, 0.5) is 11.4 Å². The number of rotatable bonds is 1. The molecular formula is C17H18N2O3. The zero-order chi connectivity index (χ0) is 15.1. The Hall–Kier alpha value is -2.08. The van der Waals surface area contributed by atoms with Gasteiger partial charge in [-0.25, -0.2) is 0 Å². The van der Waals surface area contributed by atoms with Gasteiger partial charge in [-0.15, -0.1) is 0 Å². The Labute approximate surface area is 128 Å². The first-order valence-corrected chi connectivity index (χ1v) is 7.42. The molecule has 5 nitrogen and oxygen atoms in total. The summed E-state index contributed by atoms with van der Waals surface area (Å²) in [6.45, 7) is 0.808. The van der Waals surface area contributed by atoms with Crippen LogP contribution < -0.4 is 15.4 Å². The number of aliphatic hydroxyl groups is 1. The van der Waals surface area contributed by atoms with Crippen molar-refractivity contribution in [1.29, 1.82) is 0 Å². The lowest BCUT2D eigenvalue weighted by atomic mass is 9.98. The van der Waals surface area contributed by atoms with Gasteiger partial charge < -0.3 is 25.2 Å². The first-order chi connectivity index (χ1) is 10.8. The van der Waals surface area contributed by atoms with Gasteiger partial charge in [0, 0.05) is 0 Å². The van der Waals surface area contributed by atoms with E-state index < -0.39 is 6.10 Å². The van der Waals surface area contributed by atoms with E-state index in [-0.39, 0.29) is 12.1 Å². The zero-order valence-corrected chi connectivity index (χ0v) is 12.1. The molecule has 1 saturated heterocycles. The molecule has 2 heterocycles. The van der Waals surface area contributed by atoms with E-state index in [1.165, 1.54) is 0 Å². The van der Waals surface area contributed by atoms with E-state index in [0.29, 0.717) is 13.2 Å². The number of hydrogen-bond donors (Lipinski definition) is 2. The molecule has 0 bridgehead atoms. The van der Waals surface area contributed by atoms with Crippen molar-refractivity contribution in [3.8, 4) is 11.5 Å². The van der Waals surface area contributed by atoms with Gasteiger partial charge in [0.05, 0.1) is 42.8 Å². The molecule has 0 aromatic heterocycles. The largest absolute Gasteiger partial charge is 0.453 e. The van der Waals surface area contributed by atoms with Crippen LogP contribution in [0.5, 0.6) is 11.5 Å². The van der Waals surface area contributed by atoms with Gasteiger partial charge in [-0.05, 0) is 24.3 Å². The van der Waals surface area contributed by atoms with E-state index in [4.69, 9.17) is 15.2 Å². The summed E-state index contributed by atoms with van der Waals surface area (Å²) < 4.78 is 11.5. The molecule has 2 aliphatic rings. The van der Waals surface area contributed by atoms with Crippen molar-refractivity contribution < 1.29 is 14.6 Å². The number of fused-ring (bicyclic) bond motifs is 2. The molecule has 2 aromatic carbocycles. The quantitative estimate of drug-likeness (QED) is 0.843. The molecule has 3 atom stereocenters. The monoisotopic (exact) mass is 298 g/mol. The first-order valence-electron chi connectivity index (χ1n) is 7.42. The molecule has 0 spiro atoms. The topological polar surface area (TPSA) is 68.0 Å². The van der Waals surface area contributed by atoms with Crippen LogP contribution >= 0.6 is 0 Å². The van der Waals surface area contributed by atoms with E-state index in [2.05, 4.69) is 4.90 Å². The second kappa shape index (κ2) is 5.28. The second-order valence-electron chi connectivity index (χ2n) is 5.67. The average molecular weight is 298 g/mol. The molecule has 1 fully saturated rings. The highest BCUT2D eigenvalue weighted by atomic mass is 16.5. The predicted octanol–water partition coefficient (Wildman–Crippen LogP) is 2.02. The normalized spacial score (nSPS) is 26.8. The molecule has 2 aliphatic heterocycles. The van der Waals surface area contributed by atoms with Crippen molar-refractivity contribution in [3.05, 3.63) is 48.5 Å². The first kappa shape index (κ1) is 13.6. The summed E-state index contributed by atoms with van der Waals surface area (Å²) in [5.41, 5.74) is 7.82. The summed E-state index contributed by atoms with van der Waals surface area (Å²) >= 11 is 0. The number of aliphatic hydroxyl groups excluding tert-OH is 1. The van der Waals surface area contributed by atoms with Crippen LogP contribution in [0.2, 0.25) is 0 Å². The summed E-state index contributed by atoms with van der Waals surface area (Å²) in [6, 6.07) is 15.0. The molecular weight excluding hydrogens is 280 g/mol. The van der Waals surface area contributed by atoms with Crippen molar-refractivity contribution in [2.24, 2.45) is 5.73 Å². The van der Waals surface area contributed by atoms with E-state index >= 15 is 0 Å². The Bertz CT molecular complexity index is 646. The van der Waals surface area contributed by atoms with Gasteiger partial charge in [0.25, 0.3) is 0 Å². The molecule has 1 unspecified atom stereocenters. The maximum Gasteiger partial charge on any atom is 0.151 e. The zero-order valence-electron chi connectivity index (χ0n) is 12.1. The summed E-state index contributed by atoms with van der Waals surface area (Å²) in [7, 11) is 0. The smallest absolute Gasteiger partial charge is 0.151 e. The van der Waals surface area contributed by atoms with Gasteiger partial charge in [-0.3, -0.25) is 0 Å². The third-order valence-corrected chi connectivity index (χ3v) is 4.23. The highest BCUT2D eigenvalue weighted by molar-refractivity contribution is 5.78. The van der Waals surface area contributed by atoms with Crippen LogP contribution in [0.25, 0.3) is 0 Å². The van der Waals surface area contributed by atoms with E-state index in [9.17, 15) is 5.11 Å². The molecule has 3 N–H and O–H groups in total. The van der Waals surface area contributed by atoms with Crippen LogP contribution in [0.15, 0.2) is 48.5 Å². The molecule has 0 radical (unpaired) electrons. The van der Waals surface area contributed by atoms with Crippen LogP contribution in [0.3, 0.4) is 0 Å². The van der Waals surface area contributed by atoms with Crippen molar-refractivity contribution in [3.63, 3.8) is 0 Å². The lowest BCUT2D eigenvalue weighted by molar-refractivity contribution is -0.0195. The maximum absolute atomic E-state index is 10.6. The number of nitrogens with two attached hydrogens (primary N) is 1. The summed E-state index contributed by atoms with van der Waals surface area (Å²) in [5, 5.41) is 10.6. The third-order valence-electron chi connectivity index (χ3n) is 4.23. The summed E-state index contributed by atoms with van der Waals surface area (Å²) in [6.07, 6.45) is -0.659. The molecule has 4 rings (SSSR count). The van der Waals surface area contributed by atoms with E-state index in [1.807, 2.05) is 48.5 Å². The fourth-order valence-electron chi connectivity index (χ4n) is 3.13. The number of nitrogens with zero attached hydrogens (tertiary/aromatic N) is 1. The highest BCUT2D eigenvalue weighted by Gasteiger charge is 2.38. The fraction of sp³-hybridized carbons (Fsp3) is 0.294. The number of ether oxygens (including phenoxy) is 2. The fourth-order valence-corrected chi connectivity index (χ4v) is 3.13. The molecule has 0 saturated carbocycles. The predicted molar refractivity (Wildman–Crippen MR) is 83.7 cm³/mol. The Morgan fingerprint density at radius 3 is 2.18 bits per heavy atom. The molecule has 5 heteroatoms. The van der Waals surface area contributed by atoms with E-state index in [1.54, 1.807) is 0 Å². The van der Waals surface area contributed by atoms with Crippen molar-refractivity contribution in [1.82, 2.24) is 0 Å².